The summed E-state index contributed by atoms with van der Waals surface area (Å²) in [5, 5.41) is 5.03. The number of anilines is 1. The number of pyridine rings is 1. The number of hydrogen-bond donors (Lipinski definition) is 1. The van der Waals surface area contributed by atoms with E-state index in [9.17, 15) is 4.79 Å². The molecule has 2 aromatic heterocycles. The number of likely N-dealkylation sites (tertiary alicyclic amines) is 1. The number of hydrogen-bond acceptors (Lipinski definition) is 4. The molecule has 0 aromatic carbocycles. The number of carbonyl (C=O) groups is 1. The molecular formula is C16H19N3OS. The first-order valence-electron chi connectivity index (χ1n) is 7.24. The standard InChI is InChI=1S/C16H19N3OS/c1-17-15-10-12(6-7-18-15)13-4-2-8-19(11-13)16(20)14-5-3-9-21-14/h3,5-7,9-10,13H,2,4,8,11H2,1H3,(H,17,18)/t13-/m0/s1. The molecule has 110 valence electrons. The van der Waals surface area contributed by atoms with Crippen LogP contribution in [0, 0.1) is 0 Å². The zero-order chi connectivity index (χ0) is 14.7. The molecule has 2 aromatic rings. The van der Waals surface area contributed by atoms with Gasteiger partial charge in [-0.3, -0.25) is 4.79 Å². The lowest BCUT2D eigenvalue weighted by Crippen LogP contribution is -2.38. The Morgan fingerprint density at radius 2 is 2.38 bits per heavy atom. The lowest BCUT2D eigenvalue weighted by atomic mass is 9.91. The summed E-state index contributed by atoms with van der Waals surface area (Å²) >= 11 is 1.52. The molecule has 1 fully saturated rings. The SMILES string of the molecule is CNc1cc([C@H]2CCCN(C(=O)c3cccs3)C2)ccn1. The van der Waals surface area contributed by atoms with Gasteiger partial charge in [0.05, 0.1) is 4.88 Å². The fourth-order valence-corrected chi connectivity index (χ4v) is 3.52. The van der Waals surface area contributed by atoms with Crippen molar-refractivity contribution in [3.63, 3.8) is 0 Å². The first kappa shape index (κ1) is 14.1. The molecule has 0 bridgehead atoms. The first-order chi connectivity index (χ1) is 10.3. The van der Waals surface area contributed by atoms with E-state index in [0.717, 1.165) is 36.6 Å². The molecule has 1 amide bonds. The zero-order valence-corrected chi connectivity index (χ0v) is 12.9. The van der Waals surface area contributed by atoms with Gasteiger partial charge in [-0.25, -0.2) is 4.98 Å². The highest BCUT2D eigenvalue weighted by molar-refractivity contribution is 7.12. The van der Waals surface area contributed by atoms with Crippen molar-refractivity contribution in [2.45, 2.75) is 18.8 Å². The topological polar surface area (TPSA) is 45.2 Å². The third-order valence-electron chi connectivity index (χ3n) is 3.95. The van der Waals surface area contributed by atoms with Gasteiger partial charge in [-0.2, -0.15) is 0 Å². The summed E-state index contributed by atoms with van der Waals surface area (Å²) in [5.41, 5.74) is 1.26. The fraction of sp³-hybridized carbons (Fsp3) is 0.375. The third-order valence-corrected chi connectivity index (χ3v) is 4.81. The highest BCUT2D eigenvalue weighted by Crippen LogP contribution is 2.29. The van der Waals surface area contributed by atoms with Gasteiger partial charge in [0, 0.05) is 32.3 Å². The average molecular weight is 301 g/mol. The number of nitrogens with one attached hydrogen (secondary N) is 1. The van der Waals surface area contributed by atoms with Crippen molar-refractivity contribution in [3.05, 3.63) is 46.3 Å². The summed E-state index contributed by atoms with van der Waals surface area (Å²) < 4.78 is 0. The molecule has 0 aliphatic carbocycles. The van der Waals surface area contributed by atoms with E-state index in [1.165, 1.54) is 16.9 Å². The van der Waals surface area contributed by atoms with Gasteiger partial charge in [0.15, 0.2) is 0 Å². The summed E-state index contributed by atoms with van der Waals surface area (Å²) in [7, 11) is 1.87. The molecule has 0 radical (unpaired) electrons. The monoisotopic (exact) mass is 301 g/mol. The van der Waals surface area contributed by atoms with Crippen LogP contribution in [-0.2, 0) is 0 Å². The molecule has 5 heteroatoms. The molecule has 1 saturated heterocycles. The van der Waals surface area contributed by atoms with Gasteiger partial charge < -0.3 is 10.2 Å². The van der Waals surface area contributed by atoms with Gasteiger partial charge in [0.1, 0.15) is 5.82 Å². The van der Waals surface area contributed by atoms with Gasteiger partial charge in [0.25, 0.3) is 5.91 Å². The maximum Gasteiger partial charge on any atom is 0.263 e. The summed E-state index contributed by atoms with van der Waals surface area (Å²) in [5.74, 6) is 1.45. The lowest BCUT2D eigenvalue weighted by molar-refractivity contribution is 0.0712. The van der Waals surface area contributed by atoms with Crippen molar-refractivity contribution in [1.29, 1.82) is 0 Å². The molecule has 3 heterocycles. The summed E-state index contributed by atoms with van der Waals surface area (Å²) in [6.45, 7) is 1.65. The Kier molecular flexibility index (Phi) is 4.20. The van der Waals surface area contributed by atoms with Crippen molar-refractivity contribution >= 4 is 23.1 Å². The van der Waals surface area contributed by atoms with E-state index >= 15 is 0 Å². The van der Waals surface area contributed by atoms with Gasteiger partial charge in [-0.05, 0) is 42.0 Å². The van der Waals surface area contributed by atoms with Gasteiger partial charge in [0.2, 0.25) is 0 Å². The molecule has 3 rings (SSSR count). The molecular weight excluding hydrogens is 282 g/mol. The molecule has 4 nitrogen and oxygen atoms in total. The van der Waals surface area contributed by atoms with Crippen LogP contribution in [0.2, 0.25) is 0 Å². The number of aromatic nitrogens is 1. The molecule has 1 aliphatic rings. The normalized spacial score (nSPS) is 18.5. The van der Waals surface area contributed by atoms with Crippen LogP contribution in [0.5, 0.6) is 0 Å². The number of rotatable bonds is 3. The van der Waals surface area contributed by atoms with Crippen molar-refractivity contribution in [3.8, 4) is 0 Å². The second kappa shape index (κ2) is 6.26. The molecule has 1 atom stereocenters. The van der Waals surface area contributed by atoms with Crippen LogP contribution in [0.15, 0.2) is 35.8 Å². The molecule has 0 unspecified atom stereocenters. The molecule has 1 aliphatic heterocycles. The van der Waals surface area contributed by atoms with Crippen LogP contribution < -0.4 is 5.32 Å². The summed E-state index contributed by atoms with van der Waals surface area (Å²) in [6, 6.07) is 7.98. The third kappa shape index (κ3) is 3.08. The number of piperidine rings is 1. The number of carbonyl (C=O) groups excluding carboxylic acids is 1. The fourth-order valence-electron chi connectivity index (χ4n) is 2.83. The first-order valence-corrected chi connectivity index (χ1v) is 8.12. The van der Waals surface area contributed by atoms with Crippen molar-refractivity contribution in [2.75, 3.05) is 25.5 Å². The summed E-state index contributed by atoms with van der Waals surface area (Å²) in [4.78, 5) is 19.6. The second-order valence-corrected chi connectivity index (χ2v) is 6.24. The Bertz CT molecular complexity index is 612. The minimum Gasteiger partial charge on any atom is -0.373 e. The van der Waals surface area contributed by atoms with Crippen LogP contribution in [-0.4, -0.2) is 35.9 Å². The molecule has 21 heavy (non-hydrogen) atoms. The van der Waals surface area contributed by atoms with Crippen molar-refractivity contribution < 1.29 is 4.79 Å². The van der Waals surface area contributed by atoms with Gasteiger partial charge in [-0.15, -0.1) is 11.3 Å². The van der Waals surface area contributed by atoms with E-state index in [0.29, 0.717) is 5.92 Å². The van der Waals surface area contributed by atoms with Crippen LogP contribution in [0.3, 0.4) is 0 Å². The molecule has 0 saturated carbocycles. The van der Waals surface area contributed by atoms with E-state index in [-0.39, 0.29) is 5.91 Å². The van der Waals surface area contributed by atoms with Crippen LogP contribution in [0.4, 0.5) is 5.82 Å². The minimum absolute atomic E-state index is 0.164. The highest BCUT2D eigenvalue weighted by Gasteiger charge is 2.26. The quantitative estimate of drug-likeness (QED) is 0.947. The van der Waals surface area contributed by atoms with Crippen LogP contribution in [0.25, 0.3) is 0 Å². The maximum atomic E-state index is 12.5. The van der Waals surface area contributed by atoms with E-state index < -0.39 is 0 Å². The van der Waals surface area contributed by atoms with Gasteiger partial charge >= 0.3 is 0 Å². The smallest absolute Gasteiger partial charge is 0.263 e. The molecule has 0 spiro atoms. The lowest BCUT2D eigenvalue weighted by Gasteiger charge is -2.32. The number of thiophene rings is 1. The Morgan fingerprint density at radius 3 is 3.14 bits per heavy atom. The predicted octanol–water partition coefficient (Wildman–Crippen LogP) is 3.20. The Labute approximate surface area is 128 Å². The van der Waals surface area contributed by atoms with Crippen LogP contribution in [0.1, 0.15) is 34.0 Å². The van der Waals surface area contributed by atoms with E-state index in [4.69, 9.17) is 0 Å². The summed E-state index contributed by atoms with van der Waals surface area (Å²) in [6.07, 6.45) is 4.02. The Balaban J connectivity index is 1.75. The van der Waals surface area contributed by atoms with Gasteiger partial charge in [-0.1, -0.05) is 6.07 Å². The van der Waals surface area contributed by atoms with E-state index in [2.05, 4.69) is 22.4 Å². The highest BCUT2D eigenvalue weighted by atomic mass is 32.1. The van der Waals surface area contributed by atoms with Crippen molar-refractivity contribution in [1.82, 2.24) is 9.88 Å². The zero-order valence-electron chi connectivity index (χ0n) is 12.1. The molecule has 1 N–H and O–H groups in total. The van der Waals surface area contributed by atoms with Crippen LogP contribution >= 0.6 is 11.3 Å². The Morgan fingerprint density at radius 1 is 1.48 bits per heavy atom. The van der Waals surface area contributed by atoms with E-state index in [1.807, 2.05) is 35.7 Å². The minimum atomic E-state index is 0.164. The number of amides is 1. The Hall–Kier alpha value is -1.88. The van der Waals surface area contributed by atoms with E-state index in [1.54, 1.807) is 0 Å². The second-order valence-electron chi connectivity index (χ2n) is 5.29. The largest absolute Gasteiger partial charge is 0.373 e. The predicted molar refractivity (Wildman–Crippen MR) is 86.0 cm³/mol. The number of nitrogens with zero attached hydrogens (tertiary/aromatic N) is 2. The average Bonchev–Trinajstić information content (AvgIpc) is 3.09. The maximum absolute atomic E-state index is 12.5. The van der Waals surface area contributed by atoms with Crippen molar-refractivity contribution in [2.24, 2.45) is 0 Å².